The van der Waals surface area contributed by atoms with Crippen molar-refractivity contribution in [2.45, 2.75) is 103 Å². The molecule has 1 radical (unpaired) electrons. The van der Waals surface area contributed by atoms with E-state index in [0.717, 1.165) is 12.8 Å². The van der Waals surface area contributed by atoms with Crippen LogP contribution in [0.2, 0.25) is 0 Å². The minimum Gasteiger partial charge on any atom is -0.237 e. The average molecular weight is 332 g/mol. The number of unbranched alkanes of at least 4 members (excludes halogenated alkanes) is 14. The van der Waals surface area contributed by atoms with Gasteiger partial charge >= 0.3 is 0 Å². The third kappa shape index (κ3) is 13.6. The van der Waals surface area contributed by atoms with Gasteiger partial charge < -0.3 is 0 Å². The van der Waals surface area contributed by atoms with E-state index in [1.807, 2.05) is 0 Å². The van der Waals surface area contributed by atoms with E-state index in [0.29, 0.717) is 0 Å². The Labute approximate surface area is 150 Å². The molecule has 1 rings (SSSR count). The van der Waals surface area contributed by atoms with Gasteiger partial charge in [0.15, 0.2) is 0 Å². The van der Waals surface area contributed by atoms with E-state index in [2.05, 4.69) is 30.3 Å². The lowest BCUT2D eigenvalue weighted by molar-refractivity contribution is 0.186. The number of hydrogen-bond donors (Lipinski definition) is 0. The Hall–Kier alpha value is -0.820. The van der Waals surface area contributed by atoms with Crippen LogP contribution in [0.1, 0.15) is 102 Å². The van der Waals surface area contributed by atoms with Gasteiger partial charge in [0.25, 0.3) is 0 Å². The Kier molecular flexibility index (Phi) is 15.0. The molecule has 0 fully saturated rings. The summed E-state index contributed by atoms with van der Waals surface area (Å²) in [6.07, 6.45) is 21.4. The van der Waals surface area contributed by atoms with Gasteiger partial charge in [-0.1, -0.05) is 114 Å². The fraction of sp³-hybridized carbons (Fsp3) is 0.739. The molecule has 0 unspecified atom stereocenters. The minimum absolute atomic E-state index is 0.118. The zero-order valence-electron chi connectivity index (χ0n) is 15.8. The Morgan fingerprint density at radius 2 is 0.833 bits per heavy atom. The molecule has 0 atom stereocenters. The second-order valence-electron chi connectivity index (χ2n) is 7.24. The number of hydrogen-bond acceptors (Lipinski definition) is 0. The van der Waals surface area contributed by atoms with Crippen LogP contribution in [0.25, 0.3) is 0 Å². The van der Waals surface area contributed by atoms with Crippen molar-refractivity contribution >= 4 is 0 Å². The first-order valence-corrected chi connectivity index (χ1v) is 10.6. The van der Waals surface area contributed by atoms with Gasteiger partial charge in [0.2, 0.25) is 0 Å². The van der Waals surface area contributed by atoms with Gasteiger partial charge in [-0.05, 0) is 24.8 Å². The Morgan fingerprint density at radius 1 is 0.458 bits per heavy atom. The van der Waals surface area contributed by atoms with Crippen molar-refractivity contribution in [3.8, 4) is 0 Å². The largest absolute Gasteiger partial charge is 0.237 e. The maximum atomic E-state index is 10.3. The molecule has 1 aromatic carbocycles. The van der Waals surface area contributed by atoms with Crippen molar-refractivity contribution in [3.63, 3.8) is 0 Å². The molecule has 0 saturated heterocycles. The minimum atomic E-state index is 0.118. The standard InChI is InChI=1S/C23H39O/c24-22-18-13-11-9-7-5-3-1-2-4-6-8-10-12-15-19-23-20-16-14-17-21-23/h14,16-17,20-21H,1-13,15,18-19,22H2. The van der Waals surface area contributed by atoms with Crippen molar-refractivity contribution in [2.75, 3.05) is 6.61 Å². The molecular weight excluding hydrogens is 292 g/mol. The average Bonchev–Trinajstić information content (AvgIpc) is 2.62. The van der Waals surface area contributed by atoms with Gasteiger partial charge in [-0.15, -0.1) is 0 Å². The van der Waals surface area contributed by atoms with Crippen molar-refractivity contribution in [1.82, 2.24) is 0 Å². The monoisotopic (exact) mass is 331 g/mol. The predicted molar refractivity (Wildman–Crippen MR) is 105 cm³/mol. The summed E-state index contributed by atoms with van der Waals surface area (Å²) in [7, 11) is 0. The second-order valence-corrected chi connectivity index (χ2v) is 7.24. The summed E-state index contributed by atoms with van der Waals surface area (Å²) in [5, 5.41) is 10.3. The molecule has 0 spiro atoms. The molecule has 0 aliphatic carbocycles. The highest BCUT2D eigenvalue weighted by Crippen LogP contribution is 2.14. The zero-order valence-corrected chi connectivity index (χ0v) is 15.8. The summed E-state index contributed by atoms with van der Waals surface area (Å²) >= 11 is 0. The van der Waals surface area contributed by atoms with Crippen LogP contribution in [0.3, 0.4) is 0 Å². The van der Waals surface area contributed by atoms with Crippen LogP contribution in [-0.2, 0) is 11.5 Å². The molecule has 0 aliphatic rings. The first-order chi connectivity index (χ1) is 11.9. The molecule has 1 nitrogen and oxygen atoms in total. The molecule has 0 heterocycles. The summed E-state index contributed by atoms with van der Waals surface area (Å²) in [6, 6.07) is 10.9. The summed E-state index contributed by atoms with van der Waals surface area (Å²) in [5.41, 5.74) is 1.49. The predicted octanol–water partition coefficient (Wildman–Crippen LogP) is 7.51. The molecule has 0 N–H and O–H groups in total. The summed E-state index contributed by atoms with van der Waals surface area (Å²) in [6.45, 7) is 0.118. The molecule has 1 aromatic rings. The molecule has 0 aliphatic heterocycles. The first kappa shape index (κ1) is 21.2. The van der Waals surface area contributed by atoms with Crippen LogP contribution < -0.4 is 0 Å². The van der Waals surface area contributed by atoms with Gasteiger partial charge in [0.1, 0.15) is 0 Å². The quantitative estimate of drug-likeness (QED) is 0.263. The summed E-state index contributed by atoms with van der Waals surface area (Å²) < 4.78 is 0. The lowest BCUT2D eigenvalue weighted by Gasteiger charge is -2.04. The molecule has 24 heavy (non-hydrogen) atoms. The van der Waals surface area contributed by atoms with E-state index < -0.39 is 0 Å². The van der Waals surface area contributed by atoms with Gasteiger partial charge in [-0.3, -0.25) is 0 Å². The van der Waals surface area contributed by atoms with E-state index in [1.165, 1.54) is 95.5 Å². The third-order valence-electron chi connectivity index (χ3n) is 4.95. The van der Waals surface area contributed by atoms with Crippen molar-refractivity contribution < 1.29 is 5.11 Å². The molecule has 137 valence electrons. The molecule has 0 aromatic heterocycles. The van der Waals surface area contributed by atoms with Gasteiger partial charge in [-0.25, -0.2) is 5.11 Å². The van der Waals surface area contributed by atoms with E-state index in [-0.39, 0.29) is 6.61 Å². The van der Waals surface area contributed by atoms with Gasteiger partial charge in [0, 0.05) is 0 Å². The van der Waals surface area contributed by atoms with Crippen LogP contribution in [-0.4, -0.2) is 6.61 Å². The van der Waals surface area contributed by atoms with E-state index >= 15 is 0 Å². The summed E-state index contributed by atoms with van der Waals surface area (Å²) in [5.74, 6) is 0. The van der Waals surface area contributed by atoms with Crippen molar-refractivity contribution in [3.05, 3.63) is 35.9 Å². The van der Waals surface area contributed by atoms with Crippen molar-refractivity contribution in [1.29, 1.82) is 0 Å². The highest BCUT2D eigenvalue weighted by Gasteiger charge is 1.95. The number of aryl methyl sites for hydroxylation is 1. The highest BCUT2D eigenvalue weighted by molar-refractivity contribution is 5.14. The van der Waals surface area contributed by atoms with Crippen LogP contribution in [0, 0.1) is 0 Å². The van der Waals surface area contributed by atoms with Crippen LogP contribution >= 0.6 is 0 Å². The van der Waals surface area contributed by atoms with E-state index in [4.69, 9.17) is 0 Å². The fourth-order valence-corrected chi connectivity index (χ4v) is 3.37. The fourth-order valence-electron chi connectivity index (χ4n) is 3.37. The van der Waals surface area contributed by atoms with Crippen LogP contribution in [0.5, 0.6) is 0 Å². The molecule has 1 heteroatoms. The number of benzene rings is 1. The van der Waals surface area contributed by atoms with E-state index in [9.17, 15) is 5.11 Å². The smallest absolute Gasteiger partial charge is 0.0822 e. The molecule has 0 amide bonds. The number of rotatable bonds is 17. The second kappa shape index (κ2) is 17.0. The normalized spacial score (nSPS) is 11.0. The first-order valence-electron chi connectivity index (χ1n) is 10.6. The Bertz CT molecular complexity index is 346. The third-order valence-corrected chi connectivity index (χ3v) is 4.95. The maximum absolute atomic E-state index is 10.3. The Morgan fingerprint density at radius 3 is 1.25 bits per heavy atom. The van der Waals surface area contributed by atoms with Gasteiger partial charge in [0.05, 0.1) is 6.61 Å². The van der Waals surface area contributed by atoms with E-state index in [1.54, 1.807) is 0 Å². The van der Waals surface area contributed by atoms with Gasteiger partial charge in [-0.2, -0.15) is 0 Å². The van der Waals surface area contributed by atoms with Crippen molar-refractivity contribution in [2.24, 2.45) is 0 Å². The molecular formula is C23H39O. The lowest BCUT2D eigenvalue weighted by atomic mass is 10.0. The molecule has 0 bridgehead atoms. The van der Waals surface area contributed by atoms with Crippen LogP contribution in [0.15, 0.2) is 30.3 Å². The maximum Gasteiger partial charge on any atom is 0.0822 e. The SMILES string of the molecule is [O]CCCCCCCCCCCCCCCCCc1ccccc1. The zero-order chi connectivity index (χ0) is 17.1. The topological polar surface area (TPSA) is 19.9 Å². The highest BCUT2D eigenvalue weighted by atomic mass is 16.2. The lowest BCUT2D eigenvalue weighted by Crippen LogP contribution is -1.86. The van der Waals surface area contributed by atoms with Crippen LogP contribution in [0.4, 0.5) is 0 Å². The summed E-state index contributed by atoms with van der Waals surface area (Å²) in [4.78, 5) is 0. The molecule has 0 saturated carbocycles. The Balaban J connectivity index is 1.70.